The Morgan fingerprint density at radius 1 is 1.39 bits per heavy atom. The summed E-state index contributed by atoms with van der Waals surface area (Å²) in [5, 5.41) is 12.7. The molecule has 1 saturated heterocycles. The Balaban J connectivity index is 1.89. The van der Waals surface area contributed by atoms with E-state index in [1.165, 1.54) is 0 Å². The van der Waals surface area contributed by atoms with E-state index in [-0.39, 0.29) is 11.9 Å². The lowest BCUT2D eigenvalue weighted by Crippen LogP contribution is -2.40. The van der Waals surface area contributed by atoms with E-state index in [0.29, 0.717) is 13.2 Å². The highest BCUT2D eigenvalue weighted by Gasteiger charge is 2.48. The number of aromatic nitrogens is 4. The zero-order valence-electron chi connectivity index (χ0n) is 14.1. The Hall–Kier alpha value is -2.18. The lowest BCUT2D eigenvalue weighted by molar-refractivity contribution is -0.156. The van der Waals surface area contributed by atoms with Crippen molar-refractivity contribution in [3.8, 4) is 0 Å². The first-order valence-corrected chi connectivity index (χ1v) is 8.09. The molecular formula is C16H23N5O2. The first-order chi connectivity index (χ1) is 11.0. The molecular weight excluding hydrogens is 294 g/mol. The lowest BCUT2D eigenvalue weighted by Gasteiger charge is -2.31. The van der Waals surface area contributed by atoms with Crippen LogP contribution in [0.2, 0.25) is 0 Å². The molecule has 0 aromatic carbocycles. The molecule has 124 valence electrons. The van der Waals surface area contributed by atoms with Crippen LogP contribution in [-0.4, -0.2) is 45.5 Å². The molecule has 1 aliphatic heterocycles. The minimum absolute atomic E-state index is 0.0981. The highest BCUT2D eigenvalue weighted by molar-refractivity contribution is 5.79. The molecule has 1 atom stereocenters. The third-order valence-electron chi connectivity index (χ3n) is 4.82. The van der Waals surface area contributed by atoms with Crippen LogP contribution in [0.15, 0.2) is 12.1 Å². The van der Waals surface area contributed by atoms with Crippen LogP contribution in [0.1, 0.15) is 33.0 Å². The molecule has 7 heteroatoms. The Morgan fingerprint density at radius 3 is 2.87 bits per heavy atom. The van der Waals surface area contributed by atoms with Gasteiger partial charge in [0.1, 0.15) is 5.82 Å². The molecule has 1 unspecified atom stereocenters. The highest BCUT2D eigenvalue weighted by atomic mass is 16.5. The van der Waals surface area contributed by atoms with Gasteiger partial charge in [-0.1, -0.05) is 13.8 Å². The van der Waals surface area contributed by atoms with E-state index in [1.54, 1.807) is 4.52 Å². The molecule has 3 heterocycles. The van der Waals surface area contributed by atoms with Crippen molar-refractivity contribution in [1.82, 2.24) is 19.8 Å². The lowest BCUT2D eigenvalue weighted by atomic mass is 9.76. The molecule has 2 aromatic rings. The average molecular weight is 317 g/mol. The Kier molecular flexibility index (Phi) is 3.95. The molecule has 0 amide bonds. The summed E-state index contributed by atoms with van der Waals surface area (Å²) >= 11 is 0. The number of carbonyl (C=O) groups is 1. The highest BCUT2D eigenvalue weighted by Crippen LogP contribution is 2.40. The van der Waals surface area contributed by atoms with E-state index in [4.69, 9.17) is 4.74 Å². The monoisotopic (exact) mass is 317 g/mol. The molecule has 0 spiro atoms. The second-order valence-electron chi connectivity index (χ2n) is 6.41. The maximum atomic E-state index is 12.5. The van der Waals surface area contributed by atoms with E-state index in [9.17, 15) is 4.79 Å². The van der Waals surface area contributed by atoms with Crippen LogP contribution < -0.4 is 4.90 Å². The van der Waals surface area contributed by atoms with Crippen molar-refractivity contribution in [2.24, 2.45) is 11.3 Å². The predicted molar refractivity (Wildman–Crippen MR) is 86.3 cm³/mol. The van der Waals surface area contributed by atoms with Gasteiger partial charge in [0.15, 0.2) is 11.5 Å². The molecule has 1 aliphatic rings. The fourth-order valence-electron chi connectivity index (χ4n) is 3.23. The van der Waals surface area contributed by atoms with E-state index in [0.717, 1.165) is 30.3 Å². The van der Waals surface area contributed by atoms with Gasteiger partial charge < -0.3 is 9.64 Å². The van der Waals surface area contributed by atoms with Crippen LogP contribution in [0.5, 0.6) is 0 Å². The Labute approximate surface area is 135 Å². The average Bonchev–Trinajstić information content (AvgIpc) is 3.13. The number of nitrogens with zero attached hydrogens (tertiary/aromatic N) is 5. The number of fused-ring (bicyclic) bond motifs is 1. The van der Waals surface area contributed by atoms with Gasteiger partial charge in [-0.15, -0.1) is 15.3 Å². The van der Waals surface area contributed by atoms with Gasteiger partial charge in [0, 0.05) is 13.1 Å². The molecule has 0 aliphatic carbocycles. The minimum Gasteiger partial charge on any atom is -0.466 e. The van der Waals surface area contributed by atoms with Gasteiger partial charge in [-0.3, -0.25) is 4.79 Å². The van der Waals surface area contributed by atoms with Crippen molar-refractivity contribution >= 4 is 17.4 Å². The van der Waals surface area contributed by atoms with Gasteiger partial charge in [-0.05, 0) is 38.3 Å². The fraction of sp³-hybridized carbons (Fsp3) is 0.625. The maximum Gasteiger partial charge on any atom is 0.314 e. The van der Waals surface area contributed by atoms with Gasteiger partial charge in [-0.2, -0.15) is 4.52 Å². The summed E-state index contributed by atoms with van der Waals surface area (Å²) in [6.07, 6.45) is 0.782. The van der Waals surface area contributed by atoms with Crippen LogP contribution in [0.4, 0.5) is 5.82 Å². The van der Waals surface area contributed by atoms with E-state index in [1.807, 2.05) is 26.0 Å². The summed E-state index contributed by atoms with van der Waals surface area (Å²) in [7, 11) is 0. The second kappa shape index (κ2) is 5.79. The van der Waals surface area contributed by atoms with Crippen molar-refractivity contribution in [2.75, 3.05) is 24.6 Å². The van der Waals surface area contributed by atoms with Crippen molar-refractivity contribution in [3.63, 3.8) is 0 Å². The SMILES string of the molecule is CCOC(=O)C1(C(C)C)CCN(c2ccc3nnc(C)n3n2)C1. The van der Waals surface area contributed by atoms with E-state index < -0.39 is 5.41 Å². The molecule has 3 rings (SSSR count). The molecule has 0 saturated carbocycles. The molecule has 2 aromatic heterocycles. The Morgan fingerprint density at radius 2 is 2.17 bits per heavy atom. The predicted octanol–water partition coefficient (Wildman–Crippen LogP) is 1.85. The quantitative estimate of drug-likeness (QED) is 0.801. The molecule has 0 N–H and O–H groups in total. The summed E-state index contributed by atoms with van der Waals surface area (Å²) in [4.78, 5) is 14.7. The number of aryl methyl sites for hydroxylation is 1. The third-order valence-corrected chi connectivity index (χ3v) is 4.82. The molecule has 0 radical (unpaired) electrons. The first kappa shape index (κ1) is 15.7. The van der Waals surface area contributed by atoms with Crippen molar-refractivity contribution in [2.45, 2.75) is 34.1 Å². The zero-order valence-corrected chi connectivity index (χ0v) is 14.1. The largest absolute Gasteiger partial charge is 0.466 e. The number of esters is 1. The molecule has 23 heavy (non-hydrogen) atoms. The summed E-state index contributed by atoms with van der Waals surface area (Å²) in [6, 6.07) is 3.84. The summed E-state index contributed by atoms with van der Waals surface area (Å²) < 4.78 is 7.07. The minimum atomic E-state index is -0.463. The molecule has 1 fully saturated rings. The van der Waals surface area contributed by atoms with Crippen LogP contribution in [0.25, 0.3) is 5.65 Å². The number of rotatable bonds is 4. The van der Waals surface area contributed by atoms with Crippen molar-refractivity contribution < 1.29 is 9.53 Å². The summed E-state index contributed by atoms with van der Waals surface area (Å²) in [5.74, 6) is 1.71. The number of hydrogen-bond acceptors (Lipinski definition) is 6. The first-order valence-electron chi connectivity index (χ1n) is 8.09. The smallest absolute Gasteiger partial charge is 0.314 e. The third kappa shape index (κ3) is 2.54. The topological polar surface area (TPSA) is 72.6 Å². The van der Waals surface area contributed by atoms with Crippen LogP contribution >= 0.6 is 0 Å². The standard InChI is InChI=1S/C16H23N5O2/c1-5-23-15(22)16(11(2)3)8-9-20(10-16)14-7-6-13-18-17-12(4)21(13)19-14/h6-7,11H,5,8-10H2,1-4H3. The van der Waals surface area contributed by atoms with E-state index >= 15 is 0 Å². The zero-order chi connectivity index (χ0) is 16.6. The molecule has 7 nitrogen and oxygen atoms in total. The maximum absolute atomic E-state index is 12.5. The number of anilines is 1. The van der Waals surface area contributed by atoms with Crippen LogP contribution in [0.3, 0.4) is 0 Å². The van der Waals surface area contributed by atoms with Crippen LogP contribution in [0, 0.1) is 18.3 Å². The van der Waals surface area contributed by atoms with Crippen molar-refractivity contribution in [3.05, 3.63) is 18.0 Å². The summed E-state index contributed by atoms with van der Waals surface area (Å²) in [5.41, 5.74) is 0.264. The fourth-order valence-corrected chi connectivity index (χ4v) is 3.23. The van der Waals surface area contributed by atoms with Gasteiger partial charge >= 0.3 is 5.97 Å². The van der Waals surface area contributed by atoms with Gasteiger partial charge in [0.05, 0.1) is 12.0 Å². The second-order valence-corrected chi connectivity index (χ2v) is 6.41. The Bertz CT molecular complexity index is 726. The van der Waals surface area contributed by atoms with Gasteiger partial charge in [0.2, 0.25) is 0 Å². The van der Waals surface area contributed by atoms with Gasteiger partial charge in [-0.25, -0.2) is 0 Å². The normalized spacial score (nSPS) is 21.3. The number of ether oxygens (including phenoxy) is 1. The van der Waals surface area contributed by atoms with Crippen LogP contribution in [-0.2, 0) is 9.53 Å². The number of hydrogen-bond donors (Lipinski definition) is 0. The van der Waals surface area contributed by atoms with Crippen molar-refractivity contribution in [1.29, 1.82) is 0 Å². The number of carbonyl (C=O) groups excluding carboxylic acids is 1. The van der Waals surface area contributed by atoms with E-state index in [2.05, 4.69) is 34.0 Å². The van der Waals surface area contributed by atoms with Gasteiger partial charge in [0.25, 0.3) is 0 Å². The summed E-state index contributed by atoms with van der Waals surface area (Å²) in [6.45, 7) is 9.72. The molecule has 0 bridgehead atoms.